The molecule has 0 aliphatic carbocycles. The van der Waals surface area contributed by atoms with Crippen LogP contribution in [0.3, 0.4) is 0 Å². The van der Waals surface area contributed by atoms with Crippen molar-refractivity contribution in [2.24, 2.45) is 0 Å². The molecule has 0 saturated heterocycles. The quantitative estimate of drug-likeness (QED) is 0.749. The van der Waals surface area contributed by atoms with Crippen molar-refractivity contribution in [3.63, 3.8) is 0 Å². The first-order valence-electron chi connectivity index (χ1n) is 4.72. The van der Waals surface area contributed by atoms with Gasteiger partial charge in [-0.1, -0.05) is 35.9 Å². The van der Waals surface area contributed by atoms with Gasteiger partial charge in [0.15, 0.2) is 5.75 Å². The molecule has 5 heteroatoms. The van der Waals surface area contributed by atoms with E-state index < -0.39 is 10.5 Å². The van der Waals surface area contributed by atoms with Crippen molar-refractivity contribution < 1.29 is 16.5 Å². The minimum atomic E-state index is -4.94. The molecule has 3 nitrogen and oxygen atoms in total. The zero-order valence-electron chi connectivity index (χ0n) is 8.66. The maximum atomic E-state index is 12.5. The first-order valence-corrected chi connectivity index (χ1v) is 6.03. The Morgan fingerprint density at radius 2 is 1.67 bits per heavy atom. The lowest BCUT2D eigenvalue weighted by molar-refractivity contribution is 0.435. The van der Waals surface area contributed by atoms with E-state index in [-0.39, 0.29) is 5.75 Å². The van der Waals surface area contributed by atoms with Crippen molar-refractivity contribution in [2.45, 2.75) is 26.7 Å². The normalized spacial score (nSPS) is 11.4. The second-order valence-corrected chi connectivity index (χ2v) is 4.04. The molecule has 0 amide bonds. The molecule has 0 aromatic heterocycles. The van der Waals surface area contributed by atoms with Gasteiger partial charge in [-0.3, -0.25) is 0 Å². The van der Waals surface area contributed by atoms with E-state index in [1.54, 1.807) is 18.2 Å². The molecule has 1 aromatic rings. The summed E-state index contributed by atoms with van der Waals surface area (Å²) in [6.45, 7) is 3.71. The van der Waals surface area contributed by atoms with Crippen molar-refractivity contribution in [2.75, 3.05) is 0 Å². The van der Waals surface area contributed by atoms with Crippen molar-refractivity contribution in [3.05, 3.63) is 29.3 Å². The van der Waals surface area contributed by atoms with Crippen LogP contribution in [0.4, 0.5) is 3.89 Å². The van der Waals surface area contributed by atoms with Crippen molar-refractivity contribution in [1.82, 2.24) is 0 Å². The molecule has 0 radical (unpaired) electrons. The molecule has 1 aromatic carbocycles. The smallest absolute Gasteiger partial charge is 0.358 e. The number of aryl methyl sites for hydroxylation is 2. The summed E-state index contributed by atoms with van der Waals surface area (Å²) >= 11 is 0. The van der Waals surface area contributed by atoms with Gasteiger partial charge in [0, 0.05) is 0 Å². The summed E-state index contributed by atoms with van der Waals surface area (Å²) in [4.78, 5) is 0. The predicted molar refractivity (Wildman–Crippen MR) is 55.9 cm³/mol. The molecule has 0 aliphatic rings. The molecule has 0 aliphatic heterocycles. The molecule has 0 N–H and O–H groups in total. The standard InChI is InChI=1S/C10H13FO3S/c1-3-8-6-5-7-9(4-2)10(8)14-15(11,12)13/h5-7H,3-4H2,1-2H3. The largest absolute Gasteiger partial charge is 0.488 e. The Bertz CT molecular complexity index is 418. The number of hydrogen-bond acceptors (Lipinski definition) is 3. The lowest BCUT2D eigenvalue weighted by Gasteiger charge is -2.10. The molecule has 84 valence electrons. The fourth-order valence-corrected chi connectivity index (χ4v) is 1.81. The average molecular weight is 232 g/mol. The van der Waals surface area contributed by atoms with Crippen LogP contribution in [-0.4, -0.2) is 8.42 Å². The van der Waals surface area contributed by atoms with Crippen LogP contribution in [0.15, 0.2) is 18.2 Å². The van der Waals surface area contributed by atoms with Gasteiger partial charge in [-0.05, 0) is 24.0 Å². The van der Waals surface area contributed by atoms with Gasteiger partial charge in [-0.25, -0.2) is 0 Å². The Hall–Kier alpha value is -1.10. The zero-order valence-corrected chi connectivity index (χ0v) is 9.47. The van der Waals surface area contributed by atoms with Crippen LogP contribution in [0.1, 0.15) is 25.0 Å². The second kappa shape index (κ2) is 4.61. The van der Waals surface area contributed by atoms with Crippen LogP contribution >= 0.6 is 0 Å². The summed E-state index contributed by atoms with van der Waals surface area (Å²) in [6, 6.07) is 5.24. The topological polar surface area (TPSA) is 43.4 Å². The number of rotatable bonds is 4. The summed E-state index contributed by atoms with van der Waals surface area (Å²) in [5.74, 6) is 0.130. The fourth-order valence-electron chi connectivity index (χ4n) is 1.40. The maximum absolute atomic E-state index is 12.5. The molecule has 0 heterocycles. The van der Waals surface area contributed by atoms with Crippen LogP contribution in [-0.2, 0) is 23.3 Å². The summed E-state index contributed by atoms with van der Waals surface area (Å²) in [7, 11) is -4.94. The van der Waals surface area contributed by atoms with Gasteiger partial charge >= 0.3 is 10.5 Å². The summed E-state index contributed by atoms with van der Waals surface area (Å²) in [6.07, 6.45) is 1.19. The fraction of sp³-hybridized carbons (Fsp3) is 0.400. The van der Waals surface area contributed by atoms with Crippen LogP contribution in [0, 0.1) is 0 Å². The van der Waals surface area contributed by atoms with Gasteiger partial charge in [0.1, 0.15) is 0 Å². The monoisotopic (exact) mass is 232 g/mol. The molecular formula is C10H13FO3S. The van der Waals surface area contributed by atoms with Crippen LogP contribution < -0.4 is 4.18 Å². The van der Waals surface area contributed by atoms with Crippen LogP contribution in [0.5, 0.6) is 5.75 Å². The Morgan fingerprint density at radius 1 is 1.20 bits per heavy atom. The first-order chi connectivity index (χ1) is 6.98. The molecule has 0 saturated carbocycles. The predicted octanol–water partition coefficient (Wildman–Crippen LogP) is 2.40. The van der Waals surface area contributed by atoms with Crippen LogP contribution in [0.25, 0.3) is 0 Å². The van der Waals surface area contributed by atoms with E-state index in [0.717, 1.165) is 0 Å². The number of benzene rings is 1. The Balaban J connectivity index is 3.22. The lowest BCUT2D eigenvalue weighted by atomic mass is 10.1. The van der Waals surface area contributed by atoms with E-state index in [1.165, 1.54) is 0 Å². The minimum Gasteiger partial charge on any atom is -0.358 e. The summed E-state index contributed by atoms with van der Waals surface area (Å²) in [5, 5.41) is 0. The highest BCUT2D eigenvalue weighted by molar-refractivity contribution is 7.81. The Kier molecular flexibility index (Phi) is 3.68. The molecule has 1 rings (SSSR count). The number of hydrogen-bond donors (Lipinski definition) is 0. The molecule has 0 fully saturated rings. The zero-order chi connectivity index (χ0) is 11.5. The molecule has 15 heavy (non-hydrogen) atoms. The highest BCUT2D eigenvalue weighted by Crippen LogP contribution is 2.26. The highest BCUT2D eigenvalue weighted by Gasteiger charge is 2.15. The lowest BCUT2D eigenvalue weighted by Crippen LogP contribution is -2.05. The summed E-state index contributed by atoms with van der Waals surface area (Å²) < 4.78 is 37.7. The molecular weight excluding hydrogens is 219 g/mol. The van der Waals surface area contributed by atoms with Gasteiger partial charge in [-0.2, -0.15) is 8.42 Å². The highest BCUT2D eigenvalue weighted by atomic mass is 32.3. The van der Waals surface area contributed by atoms with E-state index in [9.17, 15) is 12.3 Å². The van der Waals surface area contributed by atoms with Crippen molar-refractivity contribution in [3.8, 4) is 5.75 Å². The van der Waals surface area contributed by atoms with Crippen molar-refractivity contribution >= 4 is 10.5 Å². The van der Waals surface area contributed by atoms with E-state index >= 15 is 0 Å². The molecule has 0 bridgehead atoms. The van der Waals surface area contributed by atoms with E-state index in [2.05, 4.69) is 4.18 Å². The number of para-hydroxylation sites is 1. The molecule has 0 unspecified atom stereocenters. The van der Waals surface area contributed by atoms with Crippen molar-refractivity contribution in [1.29, 1.82) is 0 Å². The number of halogens is 1. The summed E-state index contributed by atoms with van der Waals surface area (Å²) in [5.41, 5.74) is 1.38. The third kappa shape index (κ3) is 3.20. The maximum Gasteiger partial charge on any atom is 0.488 e. The minimum absolute atomic E-state index is 0.130. The first kappa shape index (κ1) is 12.0. The van der Waals surface area contributed by atoms with Gasteiger partial charge in [-0.15, -0.1) is 0 Å². The molecule has 0 spiro atoms. The Labute approximate surface area is 89.3 Å². The van der Waals surface area contributed by atoms with Gasteiger partial charge in [0.05, 0.1) is 0 Å². The SMILES string of the molecule is CCc1cccc(CC)c1OS(=O)(=O)F. The molecule has 0 atom stereocenters. The Morgan fingerprint density at radius 3 is 2.00 bits per heavy atom. The van der Waals surface area contributed by atoms with E-state index in [0.29, 0.717) is 24.0 Å². The van der Waals surface area contributed by atoms with E-state index in [4.69, 9.17) is 0 Å². The van der Waals surface area contributed by atoms with E-state index in [1.807, 2.05) is 13.8 Å². The van der Waals surface area contributed by atoms with Gasteiger partial charge in [0.2, 0.25) is 0 Å². The van der Waals surface area contributed by atoms with Crippen LogP contribution in [0.2, 0.25) is 0 Å². The average Bonchev–Trinajstić information content (AvgIpc) is 2.16. The van der Waals surface area contributed by atoms with Gasteiger partial charge < -0.3 is 4.18 Å². The third-order valence-corrected chi connectivity index (χ3v) is 2.49. The van der Waals surface area contributed by atoms with Gasteiger partial charge in [0.25, 0.3) is 0 Å². The second-order valence-electron chi connectivity index (χ2n) is 3.09. The third-order valence-electron chi connectivity index (χ3n) is 2.12.